The number of nitrogens with zero attached hydrogens (tertiary/aromatic N) is 1. The first-order valence-corrected chi connectivity index (χ1v) is 13.5. The summed E-state index contributed by atoms with van der Waals surface area (Å²) in [6.45, 7) is -0.554. The van der Waals surface area contributed by atoms with Crippen molar-refractivity contribution in [3.63, 3.8) is 0 Å². The minimum absolute atomic E-state index is 0.128. The van der Waals surface area contributed by atoms with Crippen molar-refractivity contribution < 1.29 is 23.9 Å². The van der Waals surface area contributed by atoms with E-state index in [0.717, 1.165) is 12.8 Å². The second-order valence-corrected chi connectivity index (χ2v) is 11.0. The maximum absolute atomic E-state index is 13.6. The quantitative estimate of drug-likeness (QED) is 0.306. The summed E-state index contributed by atoms with van der Waals surface area (Å²) in [5.74, 6) is -1.86. The first-order chi connectivity index (χ1) is 18.8. The Kier molecular flexibility index (Phi) is 6.65. The van der Waals surface area contributed by atoms with Crippen LogP contribution in [0.25, 0.3) is 0 Å². The molecule has 1 heterocycles. The second kappa shape index (κ2) is 10.1. The van der Waals surface area contributed by atoms with Crippen LogP contribution < -0.4 is 10.2 Å². The Morgan fingerprint density at radius 1 is 0.897 bits per heavy atom. The third kappa shape index (κ3) is 4.49. The van der Waals surface area contributed by atoms with Crippen LogP contribution in [0.1, 0.15) is 34.7 Å². The van der Waals surface area contributed by atoms with Crippen molar-refractivity contribution in [1.29, 1.82) is 0 Å². The Labute approximate surface area is 235 Å². The molecule has 9 heteroatoms. The average molecular weight is 563 g/mol. The Morgan fingerprint density at radius 3 is 2.44 bits per heavy atom. The maximum Gasteiger partial charge on any atom is 0.338 e. The molecule has 0 radical (unpaired) electrons. The Hall–Kier alpha value is -3.68. The summed E-state index contributed by atoms with van der Waals surface area (Å²) in [7, 11) is 0. The lowest BCUT2D eigenvalue weighted by atomic mass is 9.73. The number of halogens is 2. The fourth-order valence-electron chi connectivity index (χ4n) is 6.57. The van der Waals surface area contributed by atoms with Gasteiger partial charge >= 0.3 is 5.97 Å². The van der Waals surface area contributed by atoms with Crippen LogP contribution in [0.4, 0.5) is 11.4 Å². The van der Waals surface area contributed by atoms with Crippen LogP contribution in [0, 0.1) is 23.7 Å². The first kappa shape index (κ1) is 25.6. The lowest BCUT2D eigenvalue weighted by molar-refractivity contribution is -0.123. The van der Waals surface area contributed by atoms with E-state index in [-0.39, 0.29) is 57.0 Å². The Bertz CT molecular complexity index is 1490. The van der Waals surface area contributed by atoms with E-state index in [4.69, 9.17) is 27.9 Å². The third-order valence-corrected chi connectivity index (χ3v) is 8.96. The molecule has 3 aliphatic rings. The minimum Gasteiger partial charge on any atom is -0.452 e. The molecule has 0 aromatic heterocycles. The van der Waals surface area contributed by atoms with Crippen LogP contribution in [-0.2, 0) is 19.1 Å². The molecular formula is C30H24Cl2N2O5. The highest BCUT2D eigenvalue weighted by atomic mass is 35.5. The zero-order chi connectivity index (χ0) is 27.3. The fraction of sp³-hybridized carbons (Fsp3) is 0.267. The monoisotopic (exact) mass is 562 g/mol. The van der Waals surface area contributed by atoms with Gasteiger partial charge < -0.3 is 10.1 Å². The van der Waals surface area contributed by atoms with Gasteiger partial charge in [0, 0.05) is 0 Å². The number of imide groups is 1. The van der Waals surface area contributed by atoms with Crippen molar-refractivity contribution in [3.05, 3.63) is 94.0 Å². The van der Waals surface area contributed by atoms with E-state index in [1.165, 1.54) is 22.6 Å². The summed E-state index contributed by atoms with van der Waals surface area (Å²) in [5, 5.41) is 3.01. The molecule has 0 unspecified atom stereocenters. The third-order valence-electron chi connectivity index (χ3n) is 8.14. The van der Waals surface area contributed by atoms with Crippen molar-refractivity contribution in [1.82, 2.24) is 0 Å². The van der Waals surface area contributed by atoms with Gasteiger partial charge in [0.1, 0.15) is 0 Å². The second-order valence-electron chi connectivity index (χ2n) is 10.3. The Balaban J connectivity index is 1.14. The van der Waals surface area contributed by atoms with E-state index in [1.54, 1.807) is 30.3 Å². The average Bonchev–Trinajstić information content (AvgIpc) is 3.61. The molecule has 3 amide bonds. The number of hydrogen-bond donors (Lipinski definition) is 1. The van der Waals surface area contributed by atoms with Gasteiger partial charge in [-0.05, 0) is 66.5 Å². The van der Waals surface area contributed by atoms with Crippen molar-refractivity contribution >= 4 is 58.3 Å². The highest BCUT2D eigenvalue weighted by molar-refractivity contribution is 6.44. The number of anilines is 2. The molecule has 39 heavy (non-hydrogen) atoms. The molecule has 3 aromatic carbocycles. The summed E-state index contributed by atoms with van der Waals surface area (Å²) in [6, 6.07) is 21.2. The number of esters is 1. The van der Waals surface area contributed by atoms with Gasteiger partial charge in [-0.25, -0.2) is 4.79 Å². The number of amides is 3. The molecule has 2 aliphatic carbocycles. The van der Waals surface area contributed by atoms with Gasteiger partial charge in [-0.15, -0.1) is 0 Å². The number of ether oxygens (including phenoxy) is 1. The number of hydrogen-bond acceptors (Lipinski definition) is 5. The summed E-state index contributed by atoms with van der Waals surface area (Å²) in [6.07, 6.45) is 1.78. The normalized spacial score (nSPS) is 25.1. The molecule has 2 bridgehead atoms. The molecule has 1 aliphatic heterocycles. The van der Waals surface area contributed by atoms with Gasteiger partial charge in [0.2, 0.25) is 11.8 Å². The Morgan fingerprint density at radius 2 is 1.64 bits per heavy atom. The first-order valence-electron chi connectivity index (χ1n) is 12.8. The van der Waals surface area contributed by atoms with Crippen LogP contribution in [-0.4, -0.2) is 30.3 Å². The van der Waals surface area contributed by atoms with E-state index in [1.807, 2.05) is 18.2 Å². The van der Waals surface area contributed by atoms with E-state index in [0.29, 0.717) is 11.4 Å². The van der Waals surface area contributed by atoms with Crippen LogP contribution in [0.3, 0.4) is 0 Å². The van der Waals surface area contributed by atoms with Crippen molar-refractivity contribution in [3.8, 4) is 0 Å². The standard InChI is InChI=1S/C30H24Cl2N2O5/c31-22-10-5-11-23(27(22)32)33-24(35)15-39-30(38)17-8-4-9-19(12-17)34-28(36)25-18-13-20(16-6-2-1-3-7-16)21(14-18)26(25)29(34)37/h1-12,18,20-21,25-26H,13-15H2,(H,33,35)/t18-,20-,21+,25+,26+/m0/s1. The zero-order valence-electron chi connectivity index (χ0n) is 20.7. The molecule has 2 saturated carbocycles. The number of nitrogens with one attached hydrogen (secondary N) is 1. The molecule has 5 atom stereocenters. The van der Waals surface area contributed by atoms with E-state index in [9.17, 15) is 19.2 Å². The van der Waals surface area contributed by atoms with Gasteiger partial charge in [-0.2, -0.15) is 0 Å². The van der Waals surface area contributed by atoms with Crippen LogP contribution in [0.2, 0.25) is 10.0 Å². The largest absolute Gasteiger partial charge is 0.452 e. The zero-order valence-corrected chi connectivity index (χ0v) is 22.2. The molecule has 1 saturated heterocycles. The van der Waals surface area contributed by atoms with Crippen molar-refractivity contribution in [2.24, 2.45) is 23.7 Å². The van der Waals surface area contributed by atoms with E-state index < -0.39 is 18.5 Å². The van der Waals surface area contributed by atoms with Crippen LogP contribution in [0.15, 0.2) is 72.8 Å². The molecule has 0 spiro atoms. The summed E-state index contributed by atoms with van der Waals surface area (Å²) in [5.41, 5.74) is 1.98. The van der Waals surface area contributed by atoms with Crippen LogP contribution in [0.5, 0.6) is 0 Å². The predicted octanol–water partition coefficient (Wildman–Crippen LogP) is 5.72. The summed E-state index contributed by atoms with van der Waals surface area (Å²) in [4.78, 5) is 53.3. The number of rotatable bonds is 6. The van der Waals surface area contributed by atoms with Crippen LogP contribution >= 0.6 is 23.2 Å². The predicted molar refractivity (Wildman–Crippen MR) is 147 cm³/mol. The topological polar surface area (TPSA) is 92.8 Å². The molecule has 6 rings (SSSR count). The van der Waals surface area contributed by atoms with Gasteiger partial charge in [-0.1, -0.05) is 65.7 Å². The van der Waals surface area contributed by atoms with Crippen molar-refractivity contribution in [2.75, 3.05) is 16.8 Å². The lowest BCUT2D eigenvalue weighted by Crippen LogP contribution is -2.33. The number of fused-ring (bicyclic) bond motifs is 5. The molecule has 1 N–H and O–H groups in total. The number of carbonyl (C=O) groups is 4. The van der Waals surface area contributed by atoms with Gasteiger partial charge in [-0.3, -0.25) is 19.3 Å². The van der Waals surface area contributed by atoms with Gasteiger partial charge in [0.15, 0.2) is 6.61 Å². The van der Waals surface area contributed by atoms with Gasteiger partial charge in [0.25, 0.3) is 5.91 Å². The maximum atomic E-state index is 13.6. The number of carbonyl (C=O) groups excluding carboxylic acids is 4. The van der Waals surface area contributed by atoms with Gasteiger partial charge in [0.05, 0.1) is 38.8 Å². The molecule has 198 valence electrons. The molecule has 7 nitrogen and oxygen atoms in total. The highest BCUT2D eigenvalue weighted by Gasteiger charge is 2.64. The highest BCUT2D eigenvalue weighted by Crippen LogP contribution is 2.61. The molecule has 3 fully saturated rings. The van der Waals surface area contributed by atoms with Crippen molar-refractivity contribution in [2.45, 2.75) is 18.8 Å². The lowest BCUT2D eigenvalue weighted by Gasteiger charge is -2.28. The number of benzene rings is 3. The molecular weight excluding hydrogens is 539 g/mol. The van der Waals surface area contributed by atoms with E-state index >= 15 is 0 Å². The SMILES string of the molecule is O=C(COC(=O)c1cccc(N2C(=O)[C@@H]3[C@@H]4C[C@@H]([C@H]3C2=O)[C@H](c2ccccc2)C4)c1)Nc1cccc(Cl)c1Cl. The summed E-state index contributed by atoms with van der Waals surface area (Å²) < 4.78 is 5.17. The molecule has 3 aromatic rings. The summed E-state index contributed by atoms with van der Waals surface area (Å²) >= 11 is 12.0. The fourth-order valence-corrected chi connectivity index (χ4v) is 6.92. The smallest absolute Gasteiger partial charge is 0.338 e. The van der Waals surface area contributed by atoms with E-state index in [2.05, 4.69) is 17.4 Å². The minimum atomic E-state index is -0.757.